The second-order valence-electron chi connectivity index (χ2n) is 3.71. The number of nitrogens with one attached hydrogen (secondary N) is 1. The van der Waals surface area contributed by atoms with E-state index in [0.29, 0.717) is 10.8 Å². The molecule has 0 saturated heterocycles. The third kappa shape index (κ3) is 2.93. The van der Waals surface area contributed by atoms with Crippen LogP contribution < -0.4 is 10.1 Å². The number of benzene rings is 1. The smallest absolute Gasteiger partial charge is 0.240 e. The van der Waals surface area contributed by atoms with Crippen LogP contribution in [0.3, 0.4) is 0 Å². The Balaban J connectivity index is 2.37. The van der Waals surface area contributed by atoms with E-state index in [2.05, 4.69) is 10.3 Å². The summed E-state index contributed by atoms with van der Waals surface area (Å²) in [5, 5.41) is 11.9. The Kier molecular flexibility index (Phi) is 4.28. The van der Waals surface area contributed by atoms with E-state index in [1.807, 2.05) is 6.07 Å². The molecule has 2 aromatic rings. The Morgan fingerprint density at radius 3 is 2.65 bits per heavy atom. The number of nitriles is 1. The third-order valence-corrected chi connectivity index (χ3v) is 2.96. The highest BCUT2D eigenvalue weighted by molar-refractivity contribution is 6.36. The summed E-state index contributed by atoms with van der Waals surface area (Å²) in [4.78, 5) is 4.04. The summed E-state index contributed by atoms with van der Waals surface area (Å²) in [5.74, 6) is -0.380. The Morgan fingerprint density at radius 2 is 2.05 bits per heavy atom. The van der Waals surface area contributed by atoms with Crippen LogP contribution in [0.25, 0.3) is 0 Å². The summed E-state index contributed by atoms with van der Waals surface area (Å²) in [6.07, 6.45) is 0. The average Bonchev–Trinajstić information content (AvgIpc) is 2.43. The van der Waals surface area contributed by atoms with Crippen molar-refractivity contribution in [3.8, 4) is 17.7 Å². The van der Waals surface area contributed by atoms with Crippen molar-refractivity contribution < 1.29 is 9.13 Å². The maximum atomic E-state index is 13.7. The molecule has 0 aliphatic carbocycles. The molecular formula is C13H8Cl2FN3O. The van der Waals surface area contributed by atoms with Gasteiger partial charge in [-0.3, -0.25) is 0 Å². The van der Waals surface area contributed by atoms with Gasteiger partial charge in [-0.05, 0) is 24.3 Å². The topological polar surface area (TPSA) is 57.9 Å². The molecule has 2 rings (SSSR count). The van der Waals surface area contributed by atoms with Gasteiger partial charge in [0, 0.05) is 7.05 Å². The average molecular weight is 312 g/mol. The second kappa shape index (κ2) is 5.95. The molecule has 102 valence electrons. The minimum absolute atomic E-state index is 0.0176. The molecule has 1 aromatic carbocycles. The molecule has 0 atom stereocenters. The molecule has 1 N–H and O–H groups in total. The van der Waals surface area contributed by atoms with Gasteiger partial charge >= 0.3 is 0 Å². The summed E-state index contributed by atoms with van der Waals surface area (Å²) >= 11 is 11.8. The van der Waals surface area contributed by atoms with Crippen LogP contribution >= 0.6 is 23.2 Å². The Hall–Kier alpha value is -2.03. The van der Waals surface area contributed by atoms with Gasteiger partial charge in [-0.2, -0.15) is 10.2 Å². The first kappa shape index (κ1) is 14.4. The molecular weight excluding hydrogens is 304 g/mol. The molecule has 0 aliphatic heterocycles. The lowest BCUT2D eigenvalue weighted by molar-refractivity contribution is 0.428. The molecule has 0 aliphatic rings. The molecule has 0 unspecified atom stereocenters. The zero-order valence-corrected chi connectivity index (χ0v) is 11.8. The molecule has 0 amide bonds. The molecule has 0 bridgehead atoms. The first-order valence-electron chi connectivity index (χ1n) is 5.46. The largest absolute Gasteiger partial charge is 0.434 e. The van der Waals surface area contributed by atoms with Gasteiger partial charge in [-0.15, -0.1) is 0 Å². The predicted octanol–water partition coefficient (Wildman–Crippen LogP) is 4.23. The van der Waals surface area contributed by atoms with Gasteiger partial charge < -0.3 is 10.1 Å². The molecule has 0 spiro atoms. The first-order valence-corrected chi connectivity index (χ1v) is 6.22. The van der Waals surface area contributed by atoms with Gasteiger partial charge in [0.25, 0.3) is 0 Å². The van der Waals surface area contributed by atoms with Gasteiger partial charge in [0.15, 0.2) is 11.6 Å². The van der Waals surface area contributed by atoms with Crippen molar-refractivity contribution in [3.63, 3.8) is 0 Å². The number of hydrogen-bond donors (Lipinski definition) is 1. The number of pyridine rings is 1. The van der Waals surface area contributed by atoms with Crippen LogP contribution in [0.2, 0.25) is 10.0 Å². The number of halogens is 3. The standard InChI is InChI=1S/C13H8Cl2FN3O/c1-18-12-8(14)5-9(15)13(19-12)20-11-3-2-7(6-17)4-10(11)16/h2-5H,1H3,(H,18,19). The minimum Gasteiger partial charge on any atom is -0.434 e. The number of rotatable bonds is 3. The van der Waals surface area contributed by atoms with E-state index >= 15 is 0 Å². The zero-order valence-electron chi connectivity index (χ0n) is 10.2. The summed E-state index contributed by atoms with van der Waals surface area (Å²) in [6.45, 7) is 0. The Labute approximate surface area is 124 Å². The molecule has 7 heteroatoms. The molecule has 4 nitrogen and oxygen atoms in total. The van der Waals surface area contributed by atoms with E-state index in [4.69, 9.17) is 33.2 Å². The fraction of sp³-hybridized carbons (Fsp3) is 0.0769. The van der Waals surface area contributed by atoms with E-state index in [-0.39, 0.29) is 22.2 Å². The Morgan fingerprint density at radius 1 is 1.30 bits per heavy atom. The number of nitrogens with zero attached hydrogens (tertiary/aromatic N) is 2. The van der Waals surface area contributed by atoms with Crippen LogP contribution in [0, 0.1) is 17.1 Å². The lowest BCUT2D eigenvalue weighted by atomic mass is 10.2. The second-order valence-corrected chi connectivity index (χ2v) is 4.53. The van der Waals surface area contributed by atoms with E-state index in [9.17, 15) is 4.39 Å². The summed E-state index contributed by atoms with van der Waals surface area (Å²) in [6, 6.07) is 7.11. The molecule has 0 radical (unpaired) electrons. The molecule has 20 heavy (non-hydrogen) atoms. The normalized spacial score (nSPS) is 9.95. The Bertz CT molecular complexity index is 701. The highest BCUT2D eigenvalue weighted by Gasteiger charge is 2.13. The van der Waals surface area contributed by atoms with E-state index in [1.54, 1.807) is 7.05 Å². The van der Waals surface area contributed by atoms with Crippen LogP contribution in [0.15, 0.2) is 24.3 Å². The van der Waals surface area contributed by atoms with Gasteiger partial charge in [0.05, 0.1) is 16.7 Å². The van der Waals surface area contributed by atoms with Crippen molar-refractivity contribution in [2.24, 2.45) is 0 Å². The number of anilines is 1. The quantitative estimate of drug-likeness (QED) is 0.921. The third-order valence-electron chi connectivity index (χ3n) is 2.40. The molecule has 0 saturated carbocycles. The van der Waals surface area contributed by atoms with Gasteiger partial charge in [0.1, 0.15) is 10.8 Å². The van der Waals surface area contributed by atoms with Gasteiger partial charge in [-0.1, -0.05) is 23.2 Å². The lowest BCUT2D eigenvalue weighted by Gasteiger charge is -2.10. The molecule has 1 heterocycles. The predicted molar refractivity (Wildman–Crippen MR) is 75.0 cm³/mol. The van der Waals surface area contributed by atoms with E-state index < -0.39 is 5.82 Å². The van der Waals surface area contributed by atoms with Gasteiger partial charge in [-0.25, -0.2) is 4.39 Å². The van der Waals surface area contributed by atoms with Crippen molar-refractivity contribution in [1.82, 2.24) is 4.98 Å². The maximum Gasteiger partial charge on any atom is 0.240 e. The first-order chi connectivity index (χ1) is 9.55. The zero-order chi connectivity index (χ0) is 14.7. The van der Waals surface area contributed by atoms with Crippen molar-refractivity contribution >= 4 is 29.0 Å². The van der Waals surface area contributed by atoms with Crippen LogP contribution in [0.5, 0.6) is 11.6 Å². The van der Waals surface area contributed by atoms with Crippen molar-refractivity contribution in [2.75, 3.05) is 12.4 Å². The number of aromatic nitrogens is 1. The van der Waals surface area contributed by atoms with Crippen molar-refractivity contribution in [1.29, 1.82) is 5.26 Å². The fourth-order valence-electron chi connectivity index (χ4n) is 1.45. The summed E-state index contributed by atoms with van der Waals surface area (Å²) in [5.41, 5.74) is 0.195. The summed E-state index contributed by atoms with van der Waals surface area (Å²) < 4.78 is 19.0. The van der Waals surface area contributed by atoms with Crippen LogP contribution in [-0.4, -0.2) is 12.0 Å². The number of ether oxygens (including phenoxy) is 1. The van der Waals surface area contributed by atoms with Crippen molar-refractivity contribution in [2.45, 2.75) is 0 Å². The monoisotopic (exact) mass is 311 g/mol. The van der Waals surface area contributed by atoms with Crippen LogP contribution in [0.1, 0.15) is 5.56 Å². The lowest BCUT2D eigenvalue weighted by Crippen LogP contribution is -1.98. The highest BCUT2D eigenvalue weighted by atomic mass is 35.5. The van der Waals surface area contributed by atoms with Crippen molar-refractivity contribution in [3.05, 3.63) is 45.7 Å². The number of hydrogen-bond acceptors (Lipinski definition) is 4. The maximum absolute atomic E-state index is 13.7. The molecule has 0 fully saturated rings. The van der Waals surface area contributed by atoms with Crippen LogP contribution in [-0.2, 0) is 0 Å². The van der Waals surface area contributed by atoms with E-state index in [1.165, 1.54) is 18.2 Å². The van der Waals surface area contributed by atoms with Gasteiger partial charge in [0.2, 0.25) is 5.88 Å². The molecule has 1 aromatic heterocycles. The minimum atomic E-state index is -0.678. The SMILES string of the molecule is CNc1nc(Oc2ccc(C#N)cc2F)c(Cl)cc1Cl. The van der Waals surface area contributed by atoms with Crippen LogP contribution in [0.4, 0.5) is 10.2 Å². The highest BCUT2D eigenvalue weighted by Crippen LogP contribution is 2.34. The van der Waals surface area contributed by atoms with E-state index in [0.717, 1.165) is 6.07 Å². The fourth-order valence-corrected chi connectivity index (χ4v) is 1.95. The summed E-state index contributed by atoms with van der Waals surface area (Å²) in [7, 11) is 1.63.